The van der Waals surface area contributed by atoms with Crippen molar-refractivity contribution in [3.63, 3.8) is 0 Å². The van der Waals surface area contributed by atoms with Gasteiger partial charge in [-0.3, -0.25) is 0 Å². The molecule has 0 unspecified atom stereocenters. The van der Waals surface area contributed by atoms with Gasteiger partial charge in [-0.15, -0.1) is 11.8 Å². The lowest BCUT2D eigenvalue weighted by atomic mass is 10.2. The molecule has 0 aliphatic carbocycles. The number of thioether (sulfide) groups is 1. The van der Waals surface area contributed by atoms with E-state index < -0.39 is 0 Å². The number of nitrogens with zero attached hydrogens (tertiary/aromatic N) is 1. The fourth-order valence-corrected chi connectivity index (χ4v) is 4.10. The average Bonchev–Trinajstić information content (AvgIpc) is 3.18. The van der Waals surface area contributed by atoms with E-state index in [2.05, 4.69) is 5.32 Å². The summed E-state index contributed by atoms with van der Waals surface area (Å²) in [6, 6.07) is 12.9. The molecule has 7 heteroatoms. The Morgan fingerprint density at radius 3 is 2.42 bits per heavy atom. The molecule has 1 N–H and O–H groups in total. The number of ether oxygens (including phenoxy) is 3. The minimum atomic E-state index is -0.161. The first kappa shape index (κ1) is 18.3. The van der Waals surface area contributed by atoms with Gasteiger partial charge in [0.2, 0.25) is 0 Å². The Morgan fingerprint density at radius 1 is 1.08 bits per heavy atom. The average molecular weight is 374 g/mol. The zero-order valence-electron chi connectivity index (χ0n) is 15.0. The lowest BCUT2D eigenvalue weighted by Gasteiger charge is -2.25. The van der Waals surface area contributed by atoms with Crippen LogP contribution in [-0.2, 0) is 0 Å². The van der Waals surface area contributed by atoms with Gasteiger partial charge in [-0.05, 0) is 29.8 Å². The third-order valence-electron chi connectivity index (χ3n) is 4.16. The number of hydrogen-bond acceptors (Lipinski definition) is 5. The molecule has 0 radical (unpaired) electrons. The van der Waals surface area contributed by atoms with Gasteiger partial charge in [0.25, 0.3) is 0 Å². The van der Waals surface area contributed by atoms with Crippen LogP contribution in [0, 0.1) is 0 Å². The van der Waals surface area contributed by atoms with E-state index in [9.17, 15) is 4.79 Å². The predicted molar refractivity (Wildman–Crippen MR) is 103 cm³/mol. The second-order valence-electron chi connectivity index (χ2n) is 5.69. The number of urea groups is 1. The van der Waals surface area contributed by atoms with E-state index in [4.69, 9.17) is 14.2 Å². The van der Waals surface area contributed by atoms with Crippen molar-refractivity contribution in [3.05, 3.63) is 48.0 Å². The van der Waals surface area contributed by atoms with Crippen molar-refractivity contribution in [1.29, 1.82) is 0 Å². The van der Waals surface area contributed by atoms with Crippen LogP contribution < -0.4 is 19.5 Å². The predicted octanol–water partition coefficient (Wildman–Crippen LogP) is 3.99. The molecule has 1 saturated heterocycles. The Hall–Kier alpha value is -2.54. The highest BCUT2D eigenvalue weighted by Gasteiger charge is 2.31. The van der Waals surface area contributed by atoms with Crippen molar-refractivity contribution in [3.8, 4) is 17.2 Å². The van der Waals surface area contributed by atoms with Gasteiger partial charge in [-0.25, -0.2) is 4.79 Å². The third-order valence-corrected chi connectivity index (χ3v) is 5.42. The molecule has 26 heavy (non-hydrogen) atoms. The van der Waals surface area contributed by atoms with Crippen LogP contribution in [0.1, 0.15) is 10.9 Å². The lowest BCUT2D eigenvalue weighted by Crippen LogP contribution is -2.34. The van der Waals surface area contributed by atoms with Crippen molar-refractivity contribution in [1.82, 2.24) is 4.90 Å². The number of nitrogens with one attached hydrogen (secondary N) is 1. The van der Waals surface area contributed by atoms with Crippen LogP contribution in [0.25, 0.3) is 0 Å². The van der Waals surface area contributed by atoms with Gasteiger partial charge in [0.15, 0.2) is 0 Å². The second-order valence-corrected chi connectivity index (χ2v) is 6.88. The van der Waals surface area contributed by atoms with Crippen molar-refractivity contribution >= 4 is 23.5 Å². The lowest BCUT2D eigenvalue weighted by molar-refractivity contribution is 0.214. The number of hydrogen-bond donors (Lipinski definition) is 1. The minimum Gasteiger partial charge on any atom is -0.497 e. The van der Waals surface area contributed by atoms with E-state index in [1.165, 1.54) is 0 Å². The number of carbonyl (C=O) groups is 1. The summed E-state index contributed by atoms with van der Waals surface area (Å²) >= 11 is 1.71. The molecular weight excluding hydrogens is 352 g/mol. The molecule has 0 bridgehead atoms. The SMILES string of the molecule is COc1cc(OC)cc([C@@H]2SCCN2C(=O)Nc2ccccc2OC)c1. The van der Waals surface area contributed by atoms with E-state index in [1.54, 1.807) is 33.1 Å². The van der Waals surface area contributed by atoms with Crippen LogP contribution in [0.4, 0.5) is 10.5 Å². The maximum absolute atomic E-state index is 12.9. The monoisotopic (exact) mass is 374 g/mol. The first-order chi connectivity index (χ1) is 12.7. The number of carbonyl (C=O) groups excluding carboxylic acids is 1. The first-order valence-corrected chi connectivity index (χ1v) is 9.26. The van der Waals surface area contributed by atoms with Gasteiger partial charge < -0.3 is 24.4 Å². The Labute approximate surface area is 157 Å². The molecule has 1 aliphatic heterocycles. The molecule has 0 spiro atoms. The molecule has 3 rings (SSSR count). The normalized spacial score (nSPS) is 16.3. The highest BCUT2D eigenvalue weighted by molar-refractivity contribution is 7.99. The fraction of sp³-hybridized carbons (Fsp3) is 0.316. The number of anilines is 1. The standard InChI is InChI=1S/C19H22N2O4S/c1-23-14-10-13(11-15(12-14)24-2)18-21(8-9-26-18)19(22)20-16-6-4-5-7-17(16)25-3/h4-7,10-12,18H,8-9H2,1-3H3,(H,20,22)/t18-/m0/s1. The molecule has 2 aromatic carbocycles. The van der Waals surface area contributed by atoms with Crippen molar-refractivity contribution < 1.29 is 19.0 Å². The summed E-state index contributed by atoms with van der Waals surface area (Å²) in [5, 5.41) is 2.84. The quantitative estimate of drug-likeness (QED) is 0.857. The van der Waals surface area contributed by atoms with Crippen LogP contribution in [0.2, 0.25) is 0 Å². The van der Waals surface area contributed by atoms with Crippen molar-refractivity contribution in [2.45, 2.75) is 5.37 Å². The fourth-order valence-electron chi connectivity index (χ4n) is 2.86. The molecule has 1 heterocycles. The van der Waals surface area contributed by atoms with Gasteiger partial charge in [0.05, 0.1) is 27.0 Å². The zero-order chi connectivity index (χ0) is 18.5. The Balaban J connectivity index is 1.83. The smallest absolute Gasteiger partial charge is 0.323 e. The topological polar surface area (TPSA) is 60.0 Å². The number of para-hydroxylation sites is 2. The van der Waals surface area contributed by atoms with Crippen LogP contribution in [0.5, 0.6) is 17.2 Å². The Morgan fingerprint density at radius 2 is 1.77 bits per heavy atom. The molecule has 0 saturated carbocycles. The second kappa shape index (κ2) is 8.23. The summed E-state index contributed by atoms with van der Waals surface area (Å²) in [6.07, 6.45) is 0. The summed E-state index contributed by atoms with van der Waals surface area (Å²) in [6.45, 7) is 0.663. The van der Waals surface area contributed by atoms with Crippen LogP contribution in [0.3, 0.4) is 0 Å². The molecule has 1 aliphatic rings. The van der Waals surface area contributed by atoms with Gasteiger partial charge in [-0.1, -0.05) is 12.1 Å². The van der Waals surface area contributed by atoms with Gasteiger partial charge in [0, 0.05) is 18.4 Å². The third kappa shape index (κ3) is 3.83. The van der Waals surface area contributed by atoms with Gasteiger partial charge >= 0.3 is 6.03 Å². The molecule has 138 valence electrons. The zero-order valence-corrected chi connectivity index (χ0v) is 15.8. The highest BCUT2D eigenvalue weighted by Crippen LogP contribution is 2.41. The van der Waals surface area contributed by atoms with Crippen LogP contribution in [-0.4, -0.2) is 44.6 Å². The Bertz CT molecular complexity index is 762. The molecule has 1 atom stereocenters. The molecule has 6 nitrogen and oxygen atoms in total. The van der Waals surface area contributed by atoms with E-state index in [-0.39, 0.29) is 11.4 Å². The highest BCUT2D eigenvalue weighted by atomic mass is 32.2. The van der Waals surface area contributed by atoms with Crippen LogP contribution in [0.15, 0.2) is 42.5 Å². The largest absolute Gasteiger partial charge is 0.497 e. The van der Waals surface area contributed by atoms with Crippen molar-refractivity contribution in [2.24, 2.45) is 0 Å². The summed E-state index contributed by atoms with van der Waals surface area (Å²) in [7, 11) is 4.82. The van der Waals surface area contributed by atoms with E-state index in [0.717, 1.165) is 11.3 Å². The van der Waals surface area contributed by atoms with Crippen LogP contribution >= 0.6 is 11.8 Å². The molecule has 2 amide bonds. The number of methoxy groups -OCH3 is 3. The molecule has 1 fully saturated rings. The number of amides is 2. The maximum atomic E-state index is 12.9. The van der Waals surface area contributed by atoms with Gasteiger partial charge in [-0.2, -0.15) is 0 Å². The van der Waals surface area contributed by atoms with E-state index in [1.807, 2.05) is 47.4 Å². The number of rotatable bonds is 5. The van der Waals surface area contributed by atoms with E-state index in [0.29, 0.717) is 29.5 Å². The number of benzene rings is 2. The first-order valence-electron chi connectivity index (χ1n) is 8.21. The van der Waals surface area contributed by atoms with Gasteiger partial charge in [0.1, 0.15) is 22.6 Å². The van der Waals surface area contributed by atoms with E-state index >= 15 is 0 Å². The maximum Gasteiger partial charge on any atom is 0.323 e. The summed E-state index contributed by atoms with van der Waals surface area (Å²) in [5.41, 5.74) is 1.62. The van der Waals surface area contributed by atoms with Crippen molar-refractivity contribution in [2.75, 3.05) is 38.9 Å². The molecular formula is C19H22N2O4S. The molecule has 2 aromatic rings. The Kier molecular flexibility index (Phi) is 5.78. The summed E-state index contributed by atoms with van der Waals surface area (Å²) in [5.74, 6) is 2.91. The molecule has 0 aromatic heterocycles. The summed E-state index contributed by atoms with van der Waals surface area (Å²) < 4.78 is 16.0. The summed E-state index contributed by atoms with van der Waals surface area (Å²) in [4.78, 5) is 14.7. The minimum absolute atomic E-state index is 0.103.